The molecule has 0 aliphatic heterocycles. The van der Waals surface area contributed by atoms with Crippen LogP contribution in [0.1, 0.15) is 39.0 Å². The van der Waals surface area contributed by atoms with E-state index in [2.05, 4.69) is 5.32 Å². The van der Waals surface area contributed by atoms with Gasteiger partial charge in [-0.15, -0.1) is 0 Å². The van der Waals surface area contributed by atoms with Crippen LogP contribution in [0.3, 0.4) is 0 Å². The predicted molar refractivity (Wildman–Crippen MR) is 84.7 cm³/mol. The van der Waals surface area contributed by atoms with Crippen LogP contribution in [0.25, 0.3) is 0 Å². The minimum Gasteiger partial charge on any atom is -0.399 e. The first-order chi connectivity index (χ1) is 9.91. The maximum Gasteiger partial charge on any atom is 0.242 e. The second-order valence-electron chi connectivity index (χ2n) is 5.60. The molecule has 1 fully saturated rings. The van der Waals surface area contributed by atoms with E-state index in [0.29, 0.717) is 24.2 Å². The van der Waals surface area contributed by atoms with Crippen LogP contribution < -0.4 is 11.1 Å². The molecule has 1 amide bonds. The molecule has 1 atom stereocenters. The van der Waals surface area contributed by atoms with Crippen LogP contribution in [-0.4, -0.2) is 24.8 Å². The van der Waals surface area contributed by atoms with Gasteiger partial charge in [0, 0.05) is 11.4 Å². The van der Waals surface area contributed by atoms with Crippen molar-refractivity contribution in [2.45, 2.75) is 49.5 Å². The number of sulfone groups is 1. The second kappa shape index (κ2) is 6.47. The van der Waals surface area contributed by atoms with Gasteiger partial charge >= 0.3 is 0 Å². The summed E-state index contributed by atoms with van der Waals surface area (Å²) in [4.78, 5) is 12.2. The normalized spacial score (nSPS) is 18.1. The number of hydrogen-bond acceptors (Lipinski definition) is 4. The number of benzene rings is 1. The summed E-state index contributed by atoms with van der Waals surface area (Å²) in [7, 11) is -3.43. The minimum atomic E-state index is -3.43. The molecule has 0 radical (unpaired) electrons. The van der Waals surface area contributed by atoms with Gasteiger partial charge in [-0.3, -0.25) is 4.79 Å². The molecule has 116 valence electrons. The first-order valence-electron chi connectivity index (χ1n) is 7.30. The third-order valence-electron chi connectivity index (χ3n) is 4.06. The average molecular weight is 310 g/mol. The zero-order chi connectivity index (χ0) is 15.5. The highest BCUT2D eigenvalue weighted by Gasteiger charge is 2.36. The number of nitrogens with one attached hydrogen (secondary N) is 1. The van der Waals surface area contributed by atoms with Gasteiger partial charge < -0.3 is 11.1 Å². The Morgan fingerprint density at radius 1 is 1.19 bits per heavy atom. The number of anilines is 2. The van der Waals surface area contributed by atoms with Gasteiger partial charge in [0.15, 0.2) is 9.84 Å². The molecule has 1 aliphatic carbocycles. The van der Waals surface area contributed by atoms with E-state index >= 15 is 0 Å². The Balaban J connectivity index is 2.05. The Morgan fingerprint density at radius 3 is 2.33 bits per heavy atom. The fourth-order valence-corrected chi connectivity index (χ4v) is 4.57. The number of nitrogen functional groups attached to an aromatic ring is 1. The smallest absolute Gasteiger partial charge is 0.242 e. The van der Waals surface area contributed by atoms with Crippen molar-refractivity contribution in [2.24, 2.45) is 0 Å². The van der Waals surface area contributed by atoms with E-state index in [1.165, 1.54) is 6.92 Å². The van der Waals surface area contributed by atoms with Gasteiger partial charge in [0.05, 0.1) is 5.25 Å². The van der Waals surface area contributed by atoms with Gasteiger partial charge in [-0.05, 0) is 44.0 Å². The van der Waals surface area contributed by atoms with Gasteiger partial charge in [0.1, 0.15) is 5.25 Å². The lowest BCUT2D eigenvalue weighted by molar-refractivity contribution is -0.115. The van der Waals surface area contributed by atoms with Crippen LogP contribution in [0.4, 0.5) is 11.4 Å². The highest BCUT2D eigenvalue weighted by molar-refractivity contribution is 7.93. The van der Waals surface area contributed by atoms with E-state index < -0.39 is 21.0 Å². The maximum atomic E-state index is 12.5. The molecular weight excluding hydrogens is 288 g/mol. The molecule has 0 spiro atoms. The molecule has 0 aromatic heterocycles. The number of hydrogen-bond donors (Lipinski definition) is 2. The SMILES string of the molecule is CC(C(=O)Nc1ccc(N)cc1)S(=O)(=O)C1CCCCC1. The molecule has 0 heterocycles. The number of carbonyl (C=O) groups excluding carboxylic acids is 1. The summed E-state index contributed by atoms with van der Waals surface area (Å²) in [5.41, 5.74) is 6.72. The summed E-state index contributed by atoms with van der Waals surface area (Å²) in [5.74, 6) is -0.481. The molecule has 1 aromatic rings. The van der Waals surface area contributed by atoms with E-state index in [0.717, 1.165) is 19.3 Å². The lowest BCUT2D eigenvalue weighted by Crippen LogP contribution is -2.39. The van der Waals surface area contributed by atoms with Crippen LogP contribution in [0, 0.1) is 0 Å². The van der Waals surface area contributed by atoms with Gasteiger partial charge in [0.2, 0.25) is 5.91 Å². The molecule has 21 heavy (non-hydrogen) atoms. The van der Waals surface area contributed by atoms with E-state index in [1.807, 2.05) is 0 Å². The molecule has 5 nitrogen and oxygen atoms in total. The van der Waals surface area contributed by atoms with Crippen LogP contribution in [0.15, 0.2) is 24.3 Å². The van der Waals surface area contributed by atoms with E-state index in [-0.39, 0.29) is 5.25 Å². The average Bonchev–Trinajstić information content (AvgIpc) is 2.49. The van der Waals surface area contributed by atoms with E-state index in [1.54, 1.807) is 24.3 Å². The largest absolute Gasteiger partial charge is 0.399 e. The second-order valence-corrected chi connectivity index (χ2v) is 8.15. The number of rotatable bonds is 4. The highest BCUT2D eigenvalue weighted by Crippen LogP contribution is 2.26. The molecule has 1 saturated carbocycles. The van der Waals surface area contributed by atoms with Crippen LogP contribution in [-0.2, 0) is 14.6 Å². The number of carbonyl (C=O) groups is 1. The van der Waals surface area contributed by atoms with Gasteiger partial charge in [0.25, 0.3) is 0 Å². The summed E-state index contributed by atoms with van der Waals surface area (Å²) in [5, 5.41) is 1.23. The van der Waals surface area contributed by atoms with Crippen molar-refractivity contribution in [3.63, 3.8) is 0 Å². The van der Waals surface area contributed by atoms with Crippen molar-refractivity contribution >= 4 is 27.1 Å². The van der Waals surface area contributed by atoms with Crippen molar-refractivity contribution in [3.8, 4) is 0 Å². The topological polar surface area (TPSA) is 89.3 Å². The van der Waals surface area contributed by atoms with Gasteiger partial charge in [-0.2, -0.15) is 0 Å². The summed E-state index contributed by atoms with van der Waals surface area (Å²) >= 11 is 0. The summed E-state index contributed by atoms with van der Waals surface area (Å²) in [6.45, 7) is 1.47. The van der Waals surface area contributed by atoms with Crippen molar-refractivity contribution in [3.05, 3.63) is 24.3 Å². The molecular formula is C15H22N2O3S. The van der Waals surface area contributed by atoms with Crippen LogP contribution in [0.5, 0.6) is 0 Å². The Hall–Kier alpha value is -1.56. The quantitative estimate of drug-likeness (QED) is 0.835. The fourth-order valence-electron chi connectivity index (χ4n) is 2.64. The zero-order valence-electron chi connectivity index (χ0n) is 12.2. The predicted octanol–water partition coefficient (Wildman–Crippen LogP) is 2.34. The third-order valence-corrected chi connectivity index (χ3v) is 6.66. The Bertz CT molecular complexity index is 590. The standard InChI is InChI=1S/C15H22N2O3S/c1-11(21(19,20)14-5-3-2-4-6-14)15(18)17-13-9-7-12(16)8-10-13/h7-11,14H,2-6,16H2,1H3,(H,17,18). The Labute approximate surface area is 125 Å². The van der Waals surface area contributed by atoms with Crippen LogP contribution >= 0.6 is 0 Å². The lowest BCUT2D eigenvalue weighted by atomic mass is 10.0. The summed E-state index contributed by atoms with van der Waals surface area (Å²) in [6.07, 6.45) is 4.27. The third kappa shape index (κ3) is 3.75. The first-order valence-corrected chi connectivity index (χ1v) is 8.91. The van der Waals surface area contributed by atoms with Crippen molar-refractivity contribution in [2.75, 3.05) is 11.1 Å². The summed E-state index contributed by atoms with van der Waals surface area (Å²) < 4.78 is 25.0. The van der Waals surface area contributed by atoms with E-state index in [4.69, 9.17) is 5.73 Å². The van der Waals surface area contributed by atoms with Crippen LogP contribution in [0.2, 0.25) is 0 Å². The molecule has 3 N–H and O–H groups in total. The first kappa shape index (κ1) is 15.8. The Morgan fingerprint density at radius 2 is 1.76 bits per heavy atom. The molecule has 1 unspecified atom stereocenters. The maximum absolute atomic E-state index is 12.5. The number of nitrogens with two attached hydrogens (primary N) is 1. The van der Waals surface area contributed by atoms with Crippen molar-refractivity contribution in [1.82, 2.24) is 0 Å². The van der Waals surface area contributed by atoms with Crippen molar-refractivity contribution < 1.29 is 13.2 Å². The highest BCUT2D eigenvalue weighted by atomic mass is 32.2. The molecule has 0 saturated heterocycles. The Kier molecular flexibility index (Phi) is 4.88. The van der Waals surface area contributed by atoms with Crippen molar-refractivity contribution in [1.29, 1.82) is 0 Å². The number of amides is 1. The van der Waals surface area contributed by atoms with Gasteiger partial charge in [-0.1, -0.05) is 19.3 Å². The van der Waals surface area contributed by atoms with Gasteiger partial charge in [-0.25, -0.2) is 8.42 Å². The molecule has 1 aliphatic rings. The minimum absolute atomic E-state index is 0.376. The fraction of sp³-hybridized carbons (Fsp3) is 0.533. The molecule has 1 aromatic carbocycles. The monoisotopic (exact) mass is 310 g/mol. The summed E-state index contributed by atoms with van der Waals surface area (Å²) in [6, 6.07) is 6.65. The van der Waals surface area contributed by atoms with E-state index in [9.17, 15) is 13.2 Å². The molecule has 6 heteroatoms. The lowest BCUT2D eigenvalue weighted by Gasteiger charge is -2.24. The molecule has 2 rings (SSSR count). The zero-order valence-corrected chi connectivity index (χ0v) is 13.0. The molecule has 0 bridgehead atoms.